The summed E-state index contributed by atoms with van der Waals surface area (Å²) in [5.41, 5.74) is 4.46. The van der Waals surface area contributed by atoms with Crippen LogP contribution in [0.1, 0.15) is 73.5 Å². The molecule has 3 aromatic carbocycles. The Bertz CT molecular complexity index is 2090. The van der Waals surface area contributed by atoms with Crippen molar-refractivity contribution < 1.29 is 28.6 Å². The van der Waals surface area contributed by atoms with Gasteiger partial charge in [0.05, 0.1) is 61.1 Å². The molecule has 0 unspecified atom stereocenters. The van der Waals surface area contributed by atoms with Crippen molar-refractivity contribution in [2.45, 2.75) is 58.9 Å². The highest BCUT2D eigenvalue weighted by atomic mass is 79.9. The van der Waals surface area contributed by atoms with Gasteiger partial charge in [-0.25, -0.2) is 0 Å². The summed E-state index contributed by atoms with van der Waals surface area (Å²) in [4.78, 5) is 12.9. The van der Waals surface area contributed by atoms with Crippen molar-refractivity contribution in [3.8, 4) is 17.8 Å². The molecule has 0 amide bonds. The number of unbranched alkanes of at least 4 members (excludes halogenated alkanes) is 2. The summed E-state index contributed by atoms with van der Waals surface area (Å²) in [6.07, 6.45) is 10.6. The number of para-hydroxylation sites is 2. The van der Waals surface area contributed by atoms with Gasteiger partial charge in [-0.1, -0.05) is 93.4 Å². The third-order valence-corrected chi connectivity index (χ3v) is 10.0. The van der Waals surface area contributed by atoms with E-state index in [1.54, 1.807) is 18.6 Å². The summed E-state index contributed by atoms with van der Waals surface area (Å²) < 4.78 is 17.9. The van der Waals surface area contributed by atoms with Crippen LogP contribution in [0.15, 0.2) is 139 Å². The van der Waals surface area contributed by atoms with Crippen molar-refractivity contribution >= 4 is 77.8 Å². The number of rotatable bonds is 13. The van der Waals surface area contributed by atoms with E-state index < -0.39 is 0 Å². The van der Waals surface area contributed by atoms with Gasteiger partial charge in [-0.3, -0.25) is 15.0 Å². The second-order valence-electron chi connectivity index (χ2n) is 11.8. The van der Waals surface area contributed by atoms with Crippen molar-refractivity contribution in [1.82, 2.24) is 0 Å². The monoisotopic (exact) mass is 921 g/mol. The molecule has 0 atom stereocenters. The van der Waals surface area contributed by atoms with Gasteiger partial charge in [-0.05, 0) is 103 Å². The molecule has 6 rings (SSSR count). The van der Waals surface area contributed by atoms with E-state index in [0.717, 1.165) is 75.5 Å². The third kappa shape index (κ3) is 13.3. The Morgan fingerprint density at radius 2 is 1.02 bits per heavy atom. The molecule has 6 aromatic rings. The molecule has 0 bridgehead atoms. The maximum absolute atomic E-state index is 9.80. The number of benzene rings is 3. The van der Waals surface area contributed by atoms with Crippen molar-refractivity contribution in [3.63, 3.8) is 0 Å². The molecule has 0 radical (unpaired) electrons. The van der Waals surface area contributed by atoms with Crippen LogP contribution in [-0.4, -0.2) is 34.0 Å². The van der Waals surface area contributed by atoms with Crippen molar-refractivity contribution in [2.75, 3.05) is 0 Å². The zero-order valence-corrected chi connectivity index (χ0v) is 34.7. The zero-order chi connectivity index (χ0) is 38.7. The van der Waals surface area contributed by atoms with Crippen molar-refractivity contribution in [3.05, 3.63) is 144 Å². The minimum atomic E-state index is -0.128. The smallest absolute Gasteiger partial charge is 0.286 e. The van der Waals surface area contributed by atoms with Gasteiger partial charge in [-0.2, -0.15) is 0 Å². The Kier molecular flexibility index (Phi) is 17.6. The fourth-order valence-corrected chi connectivity index (χ4v) is 6.26. The lowest BCUT2D eigenvalue weighted by molar-refractivity contribution is 0.325. The first kappa shape index (κ1) is 42.1. The molecule has 3 heterocycles. The summed E-state index contributed by atoms with van der Waals surface area (Å²) in [5, 5.41) is 28.6. The number of aromatic hydroxyl groups is 3. The van der Waals surface area contributed by atoms with Crippen LogP contribution in [0.5, 0.6) is 17.8 Å². The molecule has 282 valence electrons. The second-order valence-corrected chi connectivity index (χ2v) is 14.2. The average molecular weight is 925 g/mol. The van der Waals surface area contributed by atoms with Gasteiger partial charge in [0, 0.05) is 6.07 Å². The van der Waals surface area contributed by atoms with Crippen LogP contribution in [0, 0.1) is 0 Å². The highest BCUT2D eigenvalue weighted by molar-refractivity contribution is 9.11. The van der Waals surface area contributed by atoms with E-state index in [1.807, 2.05) is 91.0 Å². The lowest BCUT2D eigenvalue weighted by Crippen LogP contribution is -1.86. The number of halogens is 3. The van der Waals surface area contributed by atoms with Gasteiger partial charge >= 0.3 is 0 Å². The minimum absolute atomic E-state index is 0.00788. The molecule has 54 heavy (non-hydrogen) atoms. The first-order valence-electron chi connectivity index (χ1n) is 17.4. The lowest BCUT2D eigenvalue weighted by Gasteiger charge is -1.96. The van der Waals surface area contributed by atoms with Crippen LogP contribution in [0.3, 0.4) is 0 Å². The van der Waals surface area contributed by atoms with Gasteiger partial charge < -0.3 is 28.6 Å². The van der Waals surface area contributed by atoms with E-state index in [4.69, 9.17) is 18.4 Å². The minimum Gasteiger partial charge on any atom is -0.481 e. The molecule has 3 aromatic heterocycles. The zero-order valence-electron chi connectivity index (χ0n) is 30.0. The Morgan fingerprint density at radius 1 is 0.574 bits per heavy atom. The molecule has 0 saturated heterocycles. The van der Waals surface area contributed by atoms with Crippen molar-refractivity contribution in [1.29, 1.82) is 0 Å². The van der Waals surface area contributed by atoms with Crippen LogP contribution in [0.2, 0.25) is 0 Å². The summed E-state index contributed by atoms with van der Waals surface area (Å²) in [5.74, 6) is 1.46. The Morgan fingerprint density at radius 3 is 1.46 bits per heavy atom. The summed E-state index contributed by atoms with van der Waals surface area (Å²) in [6.45, 7) is 4.83. The van der Waals surface area contributed by atoms with Gasteiger partial charge in [0.2, 0.25) is 0 Å². The fraction of sp³-hybridized carbons (Fsp3) is 0.214. The van der Waals surface area contributed by atoms with Crippen LogP contribution in [-0.2, 0) is 19.4 Å². The number of aliphatic imine (C=N–C) groups is 3. The average Bonchev–Trinajstić information content (AvgIpc) is 3.77. The predicted molar refractivity (Wildman–Crippen MR) is 227 cm³/mol. The quantitative estimate of drug-likeness (QED) is 0.0987. The molecule has 0 aliphatic carbocycles. The molecular weight excluding hydrogens is 882 g/mol. The van der Waals surface area contributed by atoms with E-state index in [0.29, 0.717) is 28.3 Å². The maximum Gasteiger partial charge on any atom is 0.286 e. The third-order valence-electron chi connectivity index (χ3n) is 7.65. The number of hydrogen-bond donors (Lipinski definition) is 3. The van der Waals surface area contributed by atoms with Gasteiger partial charge in [-0.15, -0.1) is 0 Å². The molecule has 0 spiro atoms. The predicted octanol–water partition coefficient (Wildman–Crippen LogP) is 13.0. The summed E-state index contributed by atoms with van der Waals surface area (Å²) >= 11 is 10.2. The number of furan rings is 3. The number of hydrogen-bond acceptors (Lipinski definition) is 9. The molecule has 9 nitrogen and oxygen atoms in total. The SMILES string of the molecule is CCCCc1c(O)oc(C=NCc2ccccc2)c1Br.CCCCc1c(O)oc(C=Nc2ccccc2)c1Br.Oc1cc(Br)c(C=Nc2ccccc2)o1. The Balaban J connectivity index is 0.000000182. The Labute approximate surface area is 340 Å². The van der Waals surface area contributed by atoms with E-state index in [2.05, 4.69) is 76.6 Å². The molecule has 0 fully saturated rings. The summed E-state index contributed by atoms with van der Waals surface area (Å²) in [6, 6.07) is 30.6. The maximum atomic E-state index is 9.80. The van der Waals surface area contributed by atoms with Gasteiger partial charge in [0.25, 0.3) is 17.8 Å². The topological polar surface area (TPSA) is 137 Å². The van der Waals surface area contributed by atoms with Crippen molar-refractivity contribution in [2.24, 2.45) is 15.0 Å². The van der Waals surface area contributed by atoms with E-state index in [-0.39, 0.29) is 17.8 Å². The fourth-order valence-electron chi connectivity index (χ4n) is 4.78. The molecule has 0 aliphatic heterocycles. The lowest BCUT2D eigenvalue weighted by atomic mass is 10.1. The highest BCUT2D eigenvalue weighted by Gasteiger charge is 2.17. The highest BCUT2D eigenvalue weighted by Crippen LogP contribution is 2.34. The molecular formula is C42H42Br3N3O6. The first-order chi connectivity index (χ1) is 26.2. The van der Waals surface area contributed by atoms with Crippen LogP contribution in [0.4, 0.5) is 11.4 Å². The van der Waals surface area contributed by atoms with E-state index in [1.165, 1.54) is 6.07 Å². The molecule has 3 N–H and O–H groups in total. The number of nitrogens with zero attached hydrogens (tertiary/aromatic N) is 3. The van der Waals surface area contributed by atoms with Crippen LogP contribution >= 0.6 is 47.8 Å². The second kappa shape index (κ2) is 22.5. The van der Waals surface area contributed by atoms with Crippen LogP contribution < -0.4 is 0 Å². The van der Waals surface area contributed by atoms with E-state index in [9.17, 15) is 10.2 Å². The molecule has 12 heteroatoms. The van der Waals surface area contributed by atoms with Gasteiger partial charge in [0.1, 0.15) is 0 Å². The van der Waals surface area contributed by atoms with Gasteiger partial charge in [0.15, 0.2) is 17.3 Å². The Hall–Kier alpha value is -4.65. The molecule has 0 saturated carbocycles. The first-order valence-corrected chi connectivity index (χ1v) is 19.8. The normalized spacial score (nSPS) is 11.2. The molecule has 0 aliphatic rings. The summed E-state index contributed by atoms with van der Waals surface area (Å²) in [7, 11) is 0. The van der Waals surface area contributed by atoms with E-state index >= 15 is 0 Å². The van der Waals surface area contributed by atoms with Crippen LogP contribution in [0.25, 0.3) is 0 Å². The largest absolute Gasteiger partial charge is 0.481 e. The standard InChI is InChI=1S/C16H18BrNO2.C15H16BrNO2.C11H8BrNO2/c1-2-3-9-13-15(17)14(20-16(13)19)11-18-10-12-7-5-4-6-8-12;1-2-3-9-12-14(16)13(19-15(12)18)10-17-11-7-5-4-6-8-11;12-9-6-11(14)15-10(9)7-13-8-4-2-1-3-5-8/h4-8,11,19H,2-3,9-10H2,1H3;4-8,10,18H,2-3,9H2,1H3;1-7,14H.